The molecule has 3 aromatic rings. The molecule has 8 nitrogen and oxygen atoms in total. The highest BCUT2D eigenvalue weighted by Crippen LogP contribution is 2.39. The first-order chi connectivity index (χ1) is 17.5. The predicted molar refractivity (Wildman–Crippen MR) is 129 cm³/mol. The fourth-order valence-electron chi connectivity index (χ4n) is 4.10. The maximum atomic E-state index is 13.7. The number of amides is 1. The van der Waals surface area contributed by atoms with Crippen LogP contribution in [0.25, 0.3) is 0 Å². The Labute approximate surface area is 212 Å². The van der Waals surface area contributed by atoms with Crippen molar-refractivity contribution >= 4 is 17.8 Å². The summed E-state index contributed by atoms with van der Waals surface area (Å²) in [6.07, 6.45) is 1.25. The second-order valence-electron chi connectivity index (χ2n) is 8.62. The molecule has 0 aliphatic carbocycles. The van der Waals surface area contributed by atoms with Crippen molar-refractivity contribution < 1.29 is 37.7 Å². The van der Waals surface area contributed by atoms with E-state index in [1.54, 1.807) is 6.92 Å². The van der Waals surface area contributed by atoms with Gasteiger partial charge in [-0.2, -0.15) is 0 Å². The molecule has 1 amide bonds. The summed E-state index contributed by atoms with van der Waals surface area (Å²) in [5, 5.41) is 12.8. The van der Waals surface area contributed by atoms with Gasteiger partial charge < -0.3 is 19.9 Å². The van der Waals surface area contributed by atoms with Crippen LogP contribution >= 0.6 is 0 Å². The lowest BCUT2D eigenvalue weighted by Gasteiger charge is -2.38. The van der Waals surface area contributed by atoms with Crippen LogP contribution in [0.3, 0.4) is 0 Å². The number of hydrogen-bond acceptors (Lipinski definition) is 6. The Bertz CT molecular complexity index is 1250. The first-order valence-electron chi connectivity index (χ1n) is 11.3. The van der Waals surface area contributed by atoms with Crippen LogP contribution in [0.1, 0.15) is 48.3 Å². The molecule has 1 heterocycles. The Morgan fingerprint density at radius 3 is 1.92 bits per heavy atom. The number of esters is 1. The highest BCUT2D eigenvalue weighted by Gasteiger charge is 2.45. The second-order valence-corrected chi connectivity index (χ2v) is 8.62. The van der Waals surface area contributed by atoms with Gasteiger partial charge >= 0.3 is 11.9 Å². The molecule has 2 aromatic carbocycles. The molecule has 0 aliphatic rings. The quantitative estimate of drug-likeness (QED) is 0.410. The molecular formula is C27H26F2N2O6. The fraction of sp³-hybridized carbons (Fsp3) is 0.259. The van der Waals surface area contributed by atoms with Gasteiger partial charge in [-0.1, -0.05) is 31.2 Å². The van der Waals surface area contributed by atoms with Gasteiger partial charge in [0.05, 0.1) is 7.11 Å². The molecule has 0 radical (unpaired) electrons. The normalized spacial score (nSPS) is 13.4. The summed E-state index contributed by atoms with van der Waals surface area (Å²) in [4.78, 5) is 41.6. The average molecular weight is 513 g/mol. The number of carbonyl (C=O) groups excluding carboxylic acids is 2. The van der Waals surface area contributed by atoms with Crippen LogP contribution < -0.4 is 14.8 Å². The summed E-state index contributed by atoms with van der Waals surface area (Å²) in [6, 6.07) is 12.4. The molecule has 0 saturated heterocycles. The lowest BCUT2D eigenvalue weighted by molar-refractivity contribution is -0.146. The van der Waals surface area contributed by atoms with E-state index in [0.717, 1.165) is 6.92 Å². The van der Waals surface area contributed by atoms with Crippen LogP contribution in [-0.4, -0.2) is 40.6 Å². The van der Waals surface area contributed by atoms with Gasteiger partial charge in [0.1, 0.15) is 17.2 Å². The minimum Gasteiger partial charge on any atom is -0.493 e. The van der Waals surface area contributed by atoms with Gasteiger partial charge in [-0.15, -0.1) is 0 Å². The van der Waals surface area contributed by atoms with E-state index >= 15 is 0 Å². The Morgan fingerprint density at radius 1 is 0.973 bits per heavy atom. The highest BCUT2D eigenvalue weighted by atomic mass is 19.1. The van der Waals surface area contributed by atoms with E-state index in [-0.39, 0.29) is 17.2 Å². The largest absolute Gasteiger partial charge is 0.493 e. The first-order valence-corrected chi connectivity index (χ1v) is 11.3. The third-order valence-corrected chi connectivity index (χ3v) is 6.24. The summed E-state index contributed by atoms with van der Waals surface area (Å²) in [6.45, 7) is 4.06. The SMILES string of the molecule is COc1ccnc(C(=O)NC(C)(C(=O)O)C(C)C(c2ccc(F)cc2)c2ccc(F)cc2)c1OC(C)=O. The predicted octanol–water partition coefficient (Wildman–Crippen LogP) is 4.34. The number of pyridine rings is 1. The molecule has 2 N–H and O–H groups in total. The Hall–Kier alpha value is -4.34. The maximum absolute atomic E-state index is 13.7. The van der Waals surface area contributed by atoms with E-state index in [1.165, 1.54) is 74.8 Å². The smallest absolute Gasteiger partial charge is 0.329 e. The summed E-state index contributed by atoms with van der Waals surface area (Å²) in [7, 11) is 1.31. The van der Waals surface area contributed by atoms with Crippen LogP contribution in [0.4, 0.5) is 8.78 Å². The van der Waals surface area contributed by atoms with E-state index in [2.05, 4.69) is 10.3 Å². The molecule has 2 unspecified atom stereocenters. The molecule has 0 aliphatic heterocycles. The number of carboxylic acid groups (broad SMARTS) is 1. The van der Waals surface area contributed by atoms with Gasteiger partial charge in [-0.05, 0) is 42.3 Å². The van der Waals surface area contributed by atoms with Gasteiger partial charge in [-0.25, -0.2) is 18.6 Å². The molecule has 1 aromatic heterocycles. The summed E-state index contributed by atoms with van der Waals surface area (Å²) < 4.78 is 37.6. The number of hydrogen-bond donors (Lipinski definition) is 2. The zero-order valence-electron chi connectivity index (χ0n) is 20.6. The highest BCUT2D eigenvalue weighted by molar-refractivity contribution is 5.99. The Kier molecular flexibility index (Phi) is 8.21. The molecule has 2 atom stereocenters. The number of nitrogens with one attached hydrogen (secondary N) is 1. The van der Waals surface area contributed by atoms with Crippen LogP contribution in [0.5, 0.6) is 11.5 Å². The van der Waals surface area contributed by atoms with Gasteiger partial charge in [0.2, 0.25) is 5.75 Å². The van der Waals surface area contributed by atoms with Crippen LogP contribution in [0.2, 0.25) is 0 Å². The van der Waals surface area contributed by atoms with Crippen LogP contribution in [0, 0.1) is 17.6 Å². The van der Waals surface area contributed by atoms with E-state index in [0.29, 0.717) is 11.1 Å². The van der Waals surface area contributed by atoms with Crippen molar-refractivity contribution in [2.24, 2.45) is 5.92 Å². The zero-order chi connectivity index (χ0) is 27.3. The first kappa shape index (κ1) is 27.3. The number of aromatic nitrogens is 1. The number of halogens is 2. The molecule has 194 valence electrons. The second kappa shape index (κ2) is 11.2. The number of methoxy groups -OCH3 is 1. The van der Waals surface area contributed by atoms with Crippen molar-refractivity contribution in [3.8, 4) is 11.5 Å². The molecule has 0 fully saturated rings. The van der Waals surface area contributed by atoms with Gasteiger partial charge in [0.25, 0.3) is 5.91 Å². The molecule has 10 heteroatoms. The number of carbonyl (C=O) groups is 3. The average Bonchev–Trinajstić information content (AvgIpc) is 2.85. The van der Waals surface area contributed by atoms with Crippen molar-refractivity contribution in [1.29, 1.82) is 0 Å². The maximum Gasteiger partial charge on any atom is 0.329 e. The molecule has 0 bridgehead atoms. The standard InChI is InChI=1S/C27H26F2N2O6/c1-15(22(17-5-9-19(28)10-6-17)18-7-11-20(29)12-8-18)27(3,26(34)35)31-25(33)23-24(37-16(2)32)21(36-4)13-14-30-23/h5-15,22H,1-4H3,(H,31,33)(H,34,35). The Morgan fingerprint density at radius 2 is 1.49 bits per heavy atom. The van der Waals surface area contributed by atoms with Crippen molar-refractivity contribution in [3.05, 3.63) is 89.2 Å². The van der Waals surface area contributed by atoms with Crippen molar-refractivity contribution in [1.82, 2.24) is 10.3 Å². The molecule has 0 spiro atoms. The topological polar surface area (TPSA) is 115 Å². The molecule has 3 rings (SSSR count). The molecule has 0 saturated carbocycles. The number of nitrogens with zero attached hydrogens (tertiary/aromatic N) is 1. The van der Waals surface area contributed by atoms with E-state index in [1.807, 2.05) is 0 Å². The van der Waals surface area contributed by atoms with Crippen molar-refractivity contribution in [2.45, 2.75) is 32.2 Å². The fourth-order valence-corrected chi connectivity index (χ4v) is 4.10. The van der Waals surface area contributed by atoms with E-state index in [9.17, 15) is 28.3 Å². The molecular weight excluding hydrogens is 486 g/mol. The van der Waals surface area contributed by atoms with E-state index in [4.69, 9.17) is 9.47 Å². The van der Waals surface area contributed by atoms with Crippen molar-refractivity contribution in [2.75, 3.05) is 7.11 Å². The zero-order valence-corrected chi connectivity index (χ0v) is 20.6. The summed E-state index contributed by atoms with van der Waals surface area (Å²) in [5.74, 6) is -5.73. The van der Waals surface area contributed by atoms with Gasteiger partial charge in [0.15, 0.2) is 11.4 Å². The molecule has 37 heavy (non-hydrogen) atoms. The third-order valence-electron chi connectivity index (χ3n) is 6.24. The lowest BCUT2D eigenvalue weighted by Crippen LogP contribution is -2.58. The minimum absolute atomic E-state index is 0.0518. The number of ether oxygens (including phenoxy) is 2. The minimum atomic E-state index is -1.91. The lowest BCUT2D eigenvalue weighted by atomic mass is 9.71. The van der Waals surface area contributed by atoms with E-state index < -0.39 is 46.9 Å². The van der Waals surface area contributed by atoms with Crippen molar-refractivity contribution in [3.63, 3.8) is 0 Å². The third kappa shape index (κ3) is 5.91. The number of benzene rings is 2. The number of rotatable bonds is 9. The van der Waals surface area contributed by atoms with Gasteiger partial charge in [0, 0.05) is 31.0 Å². The van der Waals surface area contributed by atoms with Crippen LogP contribution in [-0.2, 0) is 9.59 Å². The monoisotopic (exact) mass is 512 g/mol. The summed E-state index contributed by atoms with van der Waals surface area (Å²) in [5.41, 5.74) is -1.15. The van der Waals surface area contributed by atoms with Crippen LogP contribution in [0.15, 0.2) is 60.8 Å². The number of aliphatic carboxylic acids is 1. The summed E-state index contributed by atoms with van der Waals surface area (Å²) >= 11 is 0. The Balaban J connectivity index is 2.08. The van der Waals surface area contributed by atoms with Gasteiger partial charge in [-0.3, -0.25) is 9.59 Å². The number of carboxylic acids is 1.